The normalized spacial score (nSPS) is 13.9. The maximum atomic E-state index is 14.1. The number of amides is 1. The van der Waals surface area contributed by atoms with Crippen molar-refractivity contribution in [2.75, 3.05) is 31.9 Å². The number of halogens is 5. The van der Waals surface area contributed by atoms with Crippen LogP contribution in [0.2, 0.25) is 10.1 Å². The van der Waals surface area contributed by atoms with E-state index in [1.54, 1.807) is 26.5 Å². The fourth-order valence-corrected chi connectivity index (χ4v) is 17.9. The van der Waals surface area contributed by atoms with E-state index in [1.807, 2.05) is 48.5 Å². The summed E-state index contributed by atoms with van der Waals surface area (Å²) in [5, 5.41) is 23.3. The van der Waals surface area contributed by atoms with Crippen molar-refractivity contribution < 1.29 is 55.7 Å². The molecule has 0 spiro atoms. The first kappa shape index (κ1) is 57.8. The molecule has 5 N–H and O–H groups in total. The number of carboxylic acid groups (broad SMARTS) is 2. The van der Waals surface area contributed by atoms with E-state index in [0.717, 1.165) is 0 Å². The van der Waals surface area contributed by atoms with Crippen LogP contribution in [0.3, 0.4) is 0 Å². The van der Waals surface area contributed by atoms with Crippen LogP contribution in [0.25, 0.3) is 0 Å². The van der Waals surface area contributed by atoms with Gasteiger partial charge in [-0.25, -0.2) is 14.0 Å². The van der Waals surface area contributed by atoms with Gasteiger partial charge in [0.15, 0.2) is 0 Å². The van der Waals surface area contributed by atoms with Crippen molar-refractivity contribution in [1.82, 2.24) is 10.3 Å². The number of hydrogen-bond donors (Lipinski definition) is 4. The van der Waals surface area contributed by atoms with Gasteiger partial charge in [-0.1, -0.05) is 185 Å². The summed E-state index contributed by atoms with van der Waals surface area (Å²) in [5.74, 6) is -3.11. The predicted octanol–water partition coefficient (Wildman–Crippen LogP) is 7.96. The summed E-state index contributed by atoms with van der Waals surface area (Å²) in [6.45, 7) is 13.9. The molecule has 68 heavy (non-hydrogen) atoms. The number of aliphatic carboxylic acids is 1. The third-order valence-corrected chi connectivity index (χ3v) is 22.2. The molecule has 0 radical (unpaired) electrons. The molecule has 0 aliphatic rings. The van der Waals surface area contributed by atoms with Gasteiger partial charge in [-0.2, -0.15) is 13.2 Å². The molecule has 4 atom stereocenters. The molecule has 1 aromatic heterocycles. The first-order valence-electron chi connectivity index (χ1n) is 21.8. The molecule has 18 heteroatoms. The van der Waals surface area contributed by atoms with Crippen molar-refractivity contribution in [1.29, 1.82) is 0 Å². The van der Waals surface area contributed by atoms with E-state index in [-0.39, 0.29) is 34.5 Å². The molecule has 0 aliphatic carbocycles. The van der Waals surface area contributed by atoms with Crippen LogP contribution in [0.4, 0.5) is 22.4 Å². The first-order valence-corrected chi connectivity index (χ1v) is 27.1. The maximum Gasteiger partial charge on any atom is 0.490 e. The Morgan fingerprint density at radius 2 is 1.01 bits per heavy atom. The zero-order valence-electron chi connectivity index (χ0n) is 39.7. The van der Waals surface area contributed by atoms with Gasteiger partial charge in [-0.3, -0.25) is 4.98 Å². The molecule has 1 amide bonds. The minimum atomic E-state index is -5.08. The first-order chi connectivity index (χ1) is 32.0. The molecule has 0 unspecified atom stereocenters. The lowest BCUT2D eigenvalue weighted by molar-refractivity contribution is -0.192. The number of pyridine rings is 1. The van der Waals surface area contributed by atoms with Gasteiger partial charge in [-0.05, 0) is 43.0 Å². The van der Waals surface area contributed by atoms with E-state index in [4.69, 9.17) is 34.0 Å². The molecular weight excluding hydrogens is 1030 g/mol. The molecule has 0 bridgehead atoms. The van der Waals surface area contributed by atoms with Gasteiger partial charge in [-0.15, -0.1) is 0 Å². The van der Waals surface area contributed by atoms with Crippen LogP contribution >= 0.6 is 22.6 Å². The summed E-state index contributed by atoms with van der Waals surface area (Å²) in [5.41, 5.74) is 6.79. The monoisotopic (exact) mass is 1090 g/mol. The summed E-state index contributed by atoms with van der Waals surface area (Å²) in [4.78, 5) is 24.2. The Morgan fingerprint density at radius 3 is 1.29 bits per heavy atom. The van der Waals surface area contributed by atoms with Crippen molar-refractivity contribution in [3.05, 3.63) is 151 Å². The number of carboxylic acids is 1. The molecule has 0 fully saturated rings. The Bertz CT molecular complexity index is 2180. The smallest absolute Gasteiger partial charge is 0.475 e. The van der Waals surface area contributed by atoms with Gasteiger partial charge in [0.1, 0.15) is 11.9 Å². The molecule has 4 aromatic carbocycles. The van der Waals surface area contributed by atoms with Crippen LogP contribution in [0.5, 0.6) is 0 Å². The third kappa shape index (κ3) is 15.5. The molecule has 5 rings (SSSR count). The summed E-state index contributed by atoms with van der Waals surface area (Å²) in [6, 6.07) is 43.8. The van der Waals surface area contributed by atoms with E-state index in [0.29, 0.717) is 23.3 Å². The Hall–Kier alpha value is -4.55. The van der Waals surface area contributed by atoms with E-state index >= 15 is 0 Å². The van der Waals surface area contributed by atoms with Crippen molar-refractivity contribution in [2.24, 2.45) is 5.73 Å². The molecule has 0 saturated carbocycles. The second-order valence-corrected chi connectivity index (χ2v) is 27.3. The average molecular weight is 1090 g/mol. The van der Waals surface area contributed by atoms with E-state index < -0.39 is 47.0 Å². The quantitative estimate of drug-likeness (QED) is 0.0293. The van der Waals surface area contributed by atoms with E-state index in [2.05, 4.69) is 147 Å². The zero-order chi connectivity index (χ0) is 50.8. The minimum Gasteiger partial charge on any atom is -0.475 e. The van der Waals surface area contributed by atoms with Gasteiger partial charge >= 0.3 is 18.2 Å². The van der Waals surface area contributed by atoms with Crippen LogP contribution < -0.4 is 31.8 Å². The summed E-state index contributed by atoms with van der Waals surface area (Å²) in [6.07, 6.45) is -5.08. The van der Waals surface area contributed by atoms with Crippen molar-refractivity contribution in [3.63, 3.8) is 0 Å². The number of alkyl halides is 4. The lowest BCUT2D eigenvalue weighted by atomic mass is 10.1. The highest BCUT2D eigenvalue weighted by atomic mass is 127. The molecule has 0 aliphatic heterocycles. The molecule has 370 valence electrons. The Balaban J connectivity index is 0.000000317. The highest BCUT2D eigenvalue weighted by molar-refractivity contribution is 14.1. The Morgan fingerprint density at radius 1 is 0.662 bits per heavy atom. The summed E-state index contributed by atoms with van der Waals surface area (Å²) < 4.78 is 71.6. The van der Waals surface area contributed by atoms with Crippen molar-refractivity contribution >= 4 is 72.0 Å². The SMILES string of the molecule is CO[C@H](CO[Si](c1ccccc1)(c1ccccc1)C(C)(C)C)[C@@H](CI)NC(=O)O.CO[C@H](CO[Si](c1ccccc1)(c1ccccc1)C(C)(C)C)[C@H](N)Cc1ncccc1F.O=C(O)C(F)(F)F. The lowest BCUT2D eigenvalue weighted by Gasteiger charge is -2.44. The van der Waals surface area contributed by atoms with Gasteiger partial charge in [0.25, 0.3) is 16.6 Å². The second kappa shape index (κ2) is 26.4. The number of methoxy groups -OCH3 is 2. The highest BCUT2D eigenvalue weighted by Gasteiger charge is 2.52. The number of nitrogens with two attached hydrogens (primary N) is 1. The minimum absolute atomic E-state index is 0.145. The third-order valence-electron chi connectivity index (χ3n) is 11.3. The zero-order valence-corrected chi connectivity index (χ0v) is 43.8. The van der Waals surface area contributed by atoms with Crippen molar-refractivity contribution in [2.45, 2.75) is 88.5 Å². The number of nitrogens with one attached hydrogen (secondary N) is 1. The van der Waals surface area contributed by atoms with E-state index in [9.17, 15) is 27.5 Å². The number of rotatable bonds is 18. The number of hydrogen-bond acceptors (Lipinski definition) is 8. The number of ether oxygens (including phenoxy) is 2. The fourth-order valence-electron chi connectivity index (χ4n) is 7.97. The topological polar surface area (TPSA) is 162 Å². The number of carbonyl (C=O) groups is 2. The van der Waals surface area contributed by atoms with Crippen LogP contribution in [0, 0.1) is 5.82 Å². The van der Waals surface area contributed by atoms with Gasteiger partial charge in [0.2, 0.25) is 0 Å². The highest BCUT2D eigenvalue weighted by Crippen LogP contribution is 2.38. The van der Waals surface area contributed by atoms with Crippen molar-refractivity contribution in [3.8, 4) is 0 Å². The molecule has 1 heterocycles. The van der Waals surface area contributed by atoms with Crippen LogP contribution in [-0.4, -0.2) is 106 Å². The van der Waals surface area contributed by atoms with Gasteiger partial charge < -0.3 is 39.6 Å². The summed E-state index contributed by atoms with van der Waals surface area (Å²) >= 11 is 2.17. The largest absolute Gasteiger partial charge is 0.490 e. The average Bonchev–Trinajstić information content (AvgIpc) is 3.30. The Kier molecular flexibility index (Phi) is 22.5. The standard InChI is InChI=1S/C26H33FN2O2Si.C22H30INO4Si.C2HF3O2/c1-26(2,3)32(20-12-7-5-8-13-20,21-14-9-6-10-15-21)31-19-25(30-4)23(28)18-24-22(27)16-11-17-29-24;1-22(2,3)29(17-11-7-5-8-12-17,18-13-9-6-10-14-18)28-16-20(27-4)19(15-23)24-21(25)26;3-2(4,5)1(6)7/h5-17,23,25H,18-19,28H2,1-4H3;5-14,19-20,24H,15-16H2,1-4H3,(H,25,26);(H,6,7)/t23-,25-;19-,20-;/m11./s1. The maximum absolute atomic E-state index is 14.1. The number of aromatic nitrogens is 1. The van der Waals surface area contributed by atoms with Gasteiger partial charge in [0, 0.05) is 37.3 Å². The molecular formula is C50H64F4IN3O8Si2. The van der Waals surface area contributed by atoms with Gasteiger partial charge in [0.05, 0.1) is 31.1 Å². The number of nitrogens with zero attached hydrogens (tertiary/aromatic N) is 1. The Labute approximate surface area is 413 Å². The molecule has 11 nitrogen and oxygen atoms in total. The molecule has 0 saturated heterocycles. The van der Waals surface area contributed by atoms with E-state index in [1.165, 1.54) is 26.8 Å². The predicted molar refractivity (Wildman–Crippen MR) is 272 cm³/mol. The lowest BCUT2D eigenvalue weighted by Crippen LogP contribution is -2.67. The summed E-state index contributed by atoms with van der Waals surface area (Å²) in [7, 11) is -2.17. The second-order valence-electron chi connectivity index (χ2n) is 17.8. The van der Waals surface area contributed by atoms with Crippen LogP contribution in [0.1, 0.15) is 47.2 Å². The number of benzene rings is 4. The fraction of sp³-hybridized carbons (Fsp3) is 0.380. The van der Waals surface area contributed by atoms with Crippen LogP contribution in [0.15, 0.2) is 140 Å². The van der Waals surface area contributed by atoms with Crippen LogP contribution in [-0.2, 0) is 29.5 Å². The molecule has 5 aromatic rings.